The van der Waals surface area contributed by atoms with Crippen molar-refractivity contribution in [1.29, 1.82) is 0 Å². The molecule has 1 aromatic carbocycles. The summed E-state index contributed by atoms with van der Waals surface area (Å²) < 4.78 is 0. The Hall–Kier alpha value is -1.64. The third kappa shape index (κ3) is 1.41. The molecule has 1 aliphatic heterocycles. The minimum atomic E-state index is 0.329. The van der Waals surface area contributed by atoms with Gasteiger partial charge in [-0.1, -0.05) is 12.1 Å². The first kappa shape index (κ1) is 8.94. The van der Waals surface area contributed by atoms with Gasteiger partial charge >= 0.3 is 0 Å². The molecule has 0 radical (unpaired) electrons. The second kappa shape index (κ2) is 3.25. The second-order valence-corrected chi connectivity index (χ2v) is 3.57. The number of hydrogen-bond donors (Lipinski definition) is 1. The van der Waals surface area contributed by atoms with Gasteiger partial charge in [-0.15, -0.1) is 0 Å². The van der Waals surface area contributed by atoms with E-state index in [-0.39, 0.29) is 0 Å². The first-order chi connectivity index (χ1) is 6.68. The zero-order valence-corrected chi connectivity index (χ0v) is 8.44. The standard InChI is InChI=1S/C11H14N2O/c1-9(14)7-13-8-12(2)10-5-3-4-6-11(10)13/h3-7,14H,8H2,1-2H3/b9-7-. The van der Waals surface area contributed by atoms with Crippen molar-refractivity contribution in [2.24, 2.45) is 0 Å². The minimum absolute atomic E-state index is 0.329. The Labute approximate surface area is 83.9 Å². The highest BCUT2D eigenvalue weighted by Gasteiger charge is 2.20. The zero-order valence-electron chi connectivity index (χ0n) is 8.44. The summed E-state index contributed by atoms with van der Waals surface area (Å²) in [5.74, 6) is 0.329. The van der Waals surface area contributed by atoms with Crippen molar-refractivity contribution in [1.82, 2.24) is 0 Å². The highest BCUT2D eigenvalue weighted by Crippen LogP contribution is 2.34. The molecule has 3 nitrogen and oxygen atoms in total. The predicted octanol–water partition coefficient (Wildman–Crippen LogP) is 2.32. The smallest absolute Gasteiger partial charge is 0.105 e. The van der Waals surface area contributed by atoms with E-state index in [0.717, 1.165) is 12.4 Å². The Morgan fingerprint density at radius 1 is 1.36 bits per heavy atom. The molecule has 1 heterocycles. The fourth-order valence-corrected chi connectivity index (χ4v) is 1.75. The number of aliphatic hydroxyl groups excluding tert-OH is 1. The monoisotopic (exact) mass is 190 g/mol. The molecule has 0 fully saturated rings. The summed E-state index contributed by atoms with van der Waals surface area (Å²) in [7, 11) is 2.04. The highest BCUT2D eigenvalue weighted by atomic mass is 16.3. The topological polar surface area (TPSA) is 26.7 Å². The Morgan fingerprint density at radius 3 is 2.64 bits per heavy atom. The molecule has 1 N–H and O–H groups in total. The number of hydrogen-bond acceptors (Lipinski definition) is 3. The summed E-state index contributed by atoms with van der Waals surface area (Å²) in [6.45, 7) is 2.47. The zero-order chi connectivity index (χ0) is 10.1. The van der Waals surface area contributed by atoms with Gasteiger partial charge in [-0.05, 0) is 19.1 Å². The van der Waals surface area contributed by atoms with Gasteiger partial charge < -0.3 is 14.9 Å². The molecule has 1 aliphatic rings. The Balaban J connectivity index is 2.39. The van der Waals surface area contributed by atoms with Crippen LogP contribution in [0.25, 0.3) is 0 Å². The van der Waals surface area contributed by atoms with E-state index in [1.807, 2.05) is 24.1 Å². The lowest BCUT2D eigenvalue weighted by Gasteiger charge is -2.14. The third-order valence-corrected chi connectivity index (χ3v) is 2.31. The molecule has 0 atom stereocenters. The van der Waals surface area contributed by atoms with Crippen molar-refractivity contribution in [3.63, 3.8) is 0 Å². The Bertz CT molecular complexity index is 369. The summed E-state index contributed by atoms with van der Waals surface area (Å²) in [5.41, 5.74) is 2.34. The van der Waals surface area contributed by atoms with Crippen molar-refractivity contribution in [3.8, 4) is 0 Å². The molecule has 74 valence electrons. The van der Waals surface area contributed by atoms with Crippen molar-refractivity contribution >= 4 is 11.4 Å². The molecule has 0 aromatic heterocycles. The number of fused-ring (bicyclic) bond motifs is 1. The van der Waals surface area contributed by atoms with Gasteiger partial charge in [0.15, 0.2) is 0 Å². The number of rotatable bonds is 1. The van der Waals surface area contributed by atoms with Gasteiger partial charge in [0.2, 0.25) is 0 Å². The SMILES string of the molecule is C/C(O)=C/N1CN(C)c2ccccc21. The lowest BCUT2D eigenvalue weighted by atomic mass is 10.2. The van der Waals surface area contributed by atoms with Crippen LogP contribution in [0.5, 0.6) is 0 Å². The van der Waals surface area contributed by atoms with Crippen LogP contribution in [0.15, 0.2) is 36.2 Å². The molecular weight excluding hydrogens is 176 g/mol. The molecule has 0 unspecified atom stereocenters. The molecule has 0 spiro atoms. The van der Waals surface area contributed by atoms with E-state index in [1.165, 1.54) is 5.69 Å². The molecule has 0 amide bonds. The van der Waals surface area contributed by atoms with Crippen molar-refractivity contribution in [2.75, 3.05) is 23.5 Å². The molecule has 2 rings (SSSR count). The van der Waals surface area contributed by atoms with Gasteiger partial charge in [0.1, 0.15) is 5.76 Å². The van der Waals surface area contributed by atoms with Crippen molar-refractivity contribution in [3.05, 3.63) is 36.2 Å². The average Bonchev–Trinajstić information content (AvgIpc) is 2.44. The fraction of sp³-hybridized carbons (Fsp3) is 0.273. The van der Waals surface area contributed by atoms with E-state index in [1.54, 1.807) is 13.1 Å². The maximum Gasteiger partial charge on any atom is 0.105 e. The summed E-state index contributed by atoms with van der Waals surface area (Å²) in [5, 5.41) is 9.23. The van der Waals surface area contributed by atoms with Crippen molar-refractivity contribution < 1.29 is 5.11 Å². The fourth-order valence-electron chi connectivity index (χ4n) is 1.75. The highest BCUT2D eigenvalue weighted by molar-refractivity contribution is 5.76. The van der Waals surface area contributed by atoms with Crippen molar-refractivity contribution in [2.45, 2.75) is 6.92 Å². The molecule has 1 aromatic rings. The van der Waals surface area contributed by atoms with Gasteiger partial charge in [0, 0.05) is 13.2 Å². The number of anilines is 2. The van der Waals surface area contributed by atoms with Crippen LogP contribution in [-0.4, -0.2) is 18.8 Å². The Morgan fingerprint density at radius 2 is 2.00 bits per heavy atom. The van der Waals surface area contributed by atoms with E-state index in [4.69, 9.17) is 0 Å². The average molecular weight is 190 g/mol. The number of aliphatic hydroxyl groups is 1. The molecule has 0 saturated carbocycles. The number of nitrogens with zero attached hydrogens (tertiary/aromatic N) is 2. The summed E-state index contributed by atoms with van der Waals surface area (Å²) in [6, 6.07) is 8.16. The molecule has 0 aliphatic carbocycles. The van der Waals surface area contributed by atoms with Crippen LogP contribution in [0.3, 0.4) is 0 Å². The van der Waals surface area contributed by atoms with Crippen LogP contribution in [0.1, 0.15) is 6.92 Å². The predicted molar refractivity (Wildman–Crippen MR) is 58.6 cm³/mol. The van der Waals surface area contributed by atoms with Crippen LogP contribution in [0.4, 0.5) is 11.4 Å². The van der Waals surface area contributed by atoms with E-state index >= 15 is 0 Å². The van der Waals surface area contributed by atoms with Crippen LogP contribution in [-0.2, 0) is 0 Å². The molecule has 14 heavy (non-hydrogen) atoms. The van der Waals surface area contributed by atoms with Crippen LogP contribution in [0.2, 0.25) is 0 Å². The molecule has 0 bridgehead atoms. The van der Waals surface area contributed by atoms with E-state index in [2.05, 4.69) is 17.0 Å². The lowest BCUT2D eigenvalue weighted by Crippen LogP contribution is -2.23. The van der Waals surface area contributed by atoms with Gasteiger partial charge in [0.05, 0.1) is 18.0 Å². The molecule has 3 heteroatoms. The quantitative estimate of drug-likeness (QED) is 0.688. The van der Waals surface area contributed by atoms with Crippen LogP contribution >= 0.6 is 0 Å². The number of benzene rings is 1. The maximum atomic E-state index is 9.23. The van der Waals surface area contributed by atoms with Gasteiger partial charge in [-0.25, -0.2) is 0 Å². The normalized spacial score (nSPS) is 16.0. The van der Waals surface area contributed by atoms with Crippen LogP contribution < -0.4 is 9.80 Å². The first-order valence-corrected chi connectivity index (χ1v) is 4.62. The summed E-state index contributed by atoms with van der Waals surface area (Å²) in [4.78, 5) is 4.18. The van der Waals surface area contributed by atoms with Gasteiger partial charge in [-0.3, -0.25) is 0 Å². The lowest BCUT2D eigenvalue weighted by molar-refractivity contribution is 0.411. The maximum absolute atomic E-state index is 9.23. The third-order valence-electron chi connectivity index (χ3n) is 2.31. The Kier molecular flexibility index (Phi) is 2.08. The molecule has 0 saturated heterocycles. The molecular formula is C11H14N2O. The minimum Gasteiger partial charge on any atom is -0.511 e. The number of para-hydroxylation sites is 2. The van der Waals surface area contributed by atoms with E-state index < -0.39 is 0 Å². The summed E-state index contributed by atoms with van der Waals surface area (Å²) in [6.07, 6.45) is 1.75. The van der Waals surface area contributed by atoms with E-state index in [9.17, 15) is 5.11 Å². The largest absolute Gasteiger partial charge is 0.511 e. The first-order valence-electron chi connectivity index (χ1n) is 4.62. The van der Waals surface area contributed by atoms with Crippen LogP contribution in [0, 0.1) is 0 Å². The number of allylic oxidation sites excluding steroid dienone is 1. The van der Waals surface area contributed by atoms with E-state index in [0.29, 0.717) is 5.76 Å². The van der Waals surface area contributed by atoms with Gasteiger partial charge in [-0.2, -0.15) is 0 Å². The summed E-state index contributed by atoms with van der Waals surface area (Å²) >= 11 is 0. The van der Waals surface area contributed by atoms with Gasteiger partial charge in [0.25, 0.3) is 0 Å². The second-order valence-electron chi connectivity index (χ2n) is 3.57.